The van der Waals surface area contributed by atoms with E-state index in [2.05, 4.69) is 21.9 Å². The van der Waals surface area contributed by atoms with Gasteiger partial charge < -0.3 is 10.0 Å². The van der Waals surface area contributed by atoms with E-state index < -0.39 is 18.4 Å². The molecule has 0 unspecified atom stereocenters. The Morgan fingerprint density at radius 1 is 1.42 bits per heavy atom. The number of carboxylic acid groups (broad SMARTS) is 1. The summed E-state index contributed by atoms with van der Waals surface area (Å²) >= 11 is 3.35. The lowest BCUT2D eigenvalue weighted by Crippen LogP contribution is -2.34. The van der Waals surface area contributed by atoms with E-state index >= 15 is 0 Å². The highest BCUT2D eigenvalue weighted by Gasteiger charge is 2.12. The van der Waals surface area contributed by atoms with E-state index in [1.165, 1.54) is 6.08 Å². The fraction of sp³-hybridized carbons (Fsp3) is 0.143. The number of carbonyl (C=O) groups is 2. The van der Waals surface area contributed by atoms with Crippen LogP contribution in [0, 0.1) is 12.3 Å². The molecule has 0 saturated carbocycles. The van der Waals surface area contributed by atoms with Crippen LogP contribution in [0.15, 0.2) is 34.8 Å². The van der Waals surface area contributed by atoms with Gasteiger partial charge in [0.1, 0.15) is 6.54 Å². The van der Waals surface area contributed by atoms with Gasteiger partial charge in [0, 0.05) is 10.5 Å². The highest BCUT2D eigenvalue weighted by atomic mass is 79.9. The summed E-state index contributed by atoms with van der Waals surface area (Å²) in [6, 6.07) is 7.38. The van der Waals surface area contributed by atoms with Crippen molar-refractivity contribution in [2.75, 3.05) is 13.1 Å². The molecule has 98 valence electrons. The van der Waals surface area contributed by atoms with Gasteiger partial charge in [-0.05, 0) is 17.7 Å². The van der Waals surface area contributed by atoms with Crippen molar-refractivity contribution in [2.24, 2.45) is 0 Å². The lowest BCUT2D eigenvalue weighted by atomic mass is 10.2. The van der Waals surface area contributed by atoms with Crippen LogP contribution in [0.5, 0.6) is 0 Å². The second-order valence-electron chi connectivity index (χ2n) is 3.65. The third kappa shape index (κ3) is 4.98. The maximum absolute atomic E-state index is 11.8. The lowest BCUT2D eigenvalue weighted by molar-refractivity contribution is -0.142. The molecule has 1 aromatic rings. The quantitative estimate of drug-likeness (QED) is 0.666. The summed E-state index contributed by atoms with van der Waals surface area (Å²) < 4.78 is 0.848. The number of rotatable bonds is 5. The van der Waals surface area contributed by atoms with Crippen molar-refractivity contribution < 1.29 is 14.7 Å². The summed E-state index contributed by atoms with van der Waals surface area (Å²) in [6.07, 6.45) is 8.02. The minimum atomic E-state index is -1.10. The molecule has 0 saturated heterocycles. The van der Waals surface area contributed by atoms with Crippen molar-refractivity contribution in [3.8, 4) is 12.3 Å². The molecule has 0 aromatic heterocycles. The van der Waals surface area contributed by atoms with E-state index in [-0.39, 0.29) is 6.54 Å². The van der Waals surface area contributed by atoms with Crippen LogP contribution in [0.25, 0.3) is 6.08 Å². The average molecular weight is 322 g/mol. The molecule has 0 spiro atoms. The first-order chi connectivity index (χ1) is 9.04. The summed E-state index contributed by atoms with van der Waals surface area (Å²) in [5.74, 6) is 0.729. The van der Waals surface area contributed by atoms with Gasteiger partial charge >= 0.3 is 5.97 Å². The molecule has 0 aliphatic rings. The fourth-order valence-electron chi connectivity index (χ4n) is 1.36. The Morgan fingerprint density at radius 3 is 2.68 bits per heavy atom. The monoisotopic (exact) mass is 321 g/mol. The van der Waals surface area contributed by atoms with Crippen LogP contribution in [-0.4, -0.2) is 35.0 Å². The van der Waals surface area contributed by atoms with E-state index in [9.17, 15) is 9.59 Å². The SMILES string of the molecule is C#CCN(CC(=O)O)C(=O)C=Cc1ccccc1Br. The topological polar surface area (TPSA) is 57.6 Å². The number of benzene rings is 1. The highest BCUT2D eigenvalue weighted by Crippen LogP contribution is 2.17. The standard InChI is InChI=1S/C14H12BrNO3/c1-2-9-16(10-14(18)19)13(17)8-7-11-5-3-4-6-12(11)15/h1,3-8H,9-10H2,(H,18,19). The second-order valence-corrected chi connectivity index (χ2v) is 4.50. The predicted octanol–water partition coefficient (Wildman–Crippen LogP) is 2.01. The number of hydrogen-bond acceptors (Lipinski definition) is 2. The predicted molar refractivity (Wildman–Crippen MR) is 76.2 cm³/mol. The number of carbonyl (C=O) groups excluding carboxylic acids is 1. The van der Waals surface area contributed by atoms with Gasteiger partial charge in [-0.2, -0.15) is 0 Å². The fourth-order valence-corrected chi connectivity index (χ4v) is 1.78. The van der Waals surface area contributed by atoms with Gasteiger partial charge in [0.25, 0.3) is 0 Å². The maximum atomic E-state index is 11.8. The summed E-state index contributed by atoms with van der Waals surface area (Å²) in [5.41, 5.74) is 0.826. The second kappa shape index (κ2) is 7.39. The number of halogens is 1. The van der Waals surface area contributed by atoms with Crippen LogP contribution < -0.4 is 0 Å². The van der Waals surface area contributed by atoms with Crippen molar-refractivity contribution in [3.63, 3.8) is 0 Å². The number of aliphatic carboxylic acids is 1. The number of nitrogens with zero attached hydrogens (tertiary/aromatic N) is 1. The van der Waals surface area contributed by atoms with Crippen molar-refractivity contribution >= 4 is 33.9 Å². The van der Waals surface area contributed by atoms with E-state index in [1.807, 2.05) is 24.3 Å². The highest BCUT2D eigenvalue weighted by molar-refractivity contribution is 9.10. The Balaban J connectivity index is 2.79. The van der Waals surface area contributed by atoms with Gasteiger partial charge in [0.15, 0.2) is 0 Å². The maximum Gasteiger partial charge on any atom is 0.323 e. The third-order valence-corrected chi connectivity index (χ3v) is 2.95. The normalized spacial score (nSPS) is 10.1. The van der Waals surface area contributed by atoms with Crippen molar-refractivity contribution in [3.05, 3.63) is 40.4 Å². The summed E-state index contributed by atoms with van der Waals surface area (Å²) in [6.45, 7) is -0.450. The van der Waals surface area contributed by atoms with Crippen LogP contribution in [0.2, 0.25) is 0 Å². The van der Waals surface area contributed by atoms with E-state index in [0.29, 0.717) is 0 Å². The molecule has 1 N–H and O–H groups in total. The van der Waals surface area contributed by atoms with Gasteiger partial charge in [0.2, 0.25) is 5.91 Å². The first-order valence-corrected chi connectivity index (χ1v) is 6.20. The molecule has 19 heavy (non-hydrogen) atoms. The lowest BCUT2D eigenvalue weighted by Gasteiger charge is -2.15. The van der Waals surface area contributed by atoms with Gasteiger partial charge in [-0.1, -0.05) is 40.0 Å². The van der Waals surface area contributed by atoms with Crippen molar-refractivity contribution in [2.45, 2.75) is 0 Å². The Labute approximate surface area is 119 Å². The van der Waals surface area contributed by atoms with Gasteiger partial charge in [-0.3, -0.25) is 9.59 Å². The molecule has 0 fully saturated rings. The zero-order valence-electron chi connectivity index (χ0n) is 10.0. The minimum absolute atomic E-state index is 0.0363. The molecule has 4 nitrogen and oxygen atoms in total. The summed E-state index contributed by atoms with van der Waals surface area (Å²) in [7, 11) is 0. The molecule has 0 bridgehead atoms. The summed E-state index contributed by atoms with van der Waals surface area (Å²) in [4.78, 5) is 23.5. The zero-order chi connectivity index (χ0) is 14.3. The van der Waals surface area contributed by atoms with Crippen molar-refractivity contribution in [1.29, 1.82) is 0 Å². The molecule has 5 heteroatoms. The van der Waals surface area contributed by atoms with Gasteiger partial charge in [-0.15, -0.1) is 6.42 Å². The Bertz CT molecular complexity index is 546. The van der Waals surface area contributed by atoms with E-state index in [1.54, 1.807) is 6.08 Å². The summed E-state index contributed by atoms with van der Waals surface area (Å²) in [5, 5.41) is 8.69. The minimum Gasteiger partial charge on any atom is -0.480 e. The van der Waals surface area contributed by atoms with Crippen molar-refractivity contribution in [1.82, 2.24) is 4.90 Å². The van der Waals surface area contributed by atoms with Gasteiger partial charge in [0.05, 0.1) is 6.54 Å². The van der Waals surface area contributed by atoms with Gasteiger partial charge in [-0.25, -0.2) is 0 Å². The Hall–Kier alpha value is -2.06. The zero-order valence-corrected chi connectivity index (χ0v) is 11.6. The van der Waals surface area contributed by atoms with Crippen LogP contribution in [0.3, 0.4) is 0 Å². The largest absolute Gasteiger partial charge is 0.480 e. The first kappa shape index (κ1) is 15.0. The molecule has 0 radical (unpaired) electrons. The Kier molecular flexibility index (Phi) is 5.83. The molecular weight excluding hydrogens is 310 g/mol. The molecule has 0 aliphatic heterocycles. The molecule has 1 rings (SSSR count). The molecular formula is C14H12BrNO3. The van der Waals surface area contributed by atoms with Crippen LogP contribution >= 0.6 is 15.9 Å². The molecule has 1 amide bonds. The molecule has 1 aromatic carbocycles. The Morgan fingerprint density at radius 2 is 2.11 bits per heavy atom. The molecule has 0 aliphatic carbocycles. The number of carboxylic acids is 1. The third-order valence-electron chi connectivity index (χ3n) is 2.23. The van der Waals surface area contributed by atoms with Crippen LogP contribution in [-0.2, 0) is 9.59 Å². The average Bonchev–Trinajstić information content (AvgIpc) is 2.36. The van der Waals surface area contributed by atoms with E-state index in [0.717, 1.165) is 14.9 Å². The molecule has 0 atom stereocenters. The van der Waals surface area contributed by atoms with E-state index in [4.69, 9.17) is 11.5 Å². The smallest absolute Gasteiger partial charge is 0.323 e. The van der Waals surface area contributed by atoms with Crippen LogP contribution in [0.1, 0.15) is 5.56 Å². The number of amides is 1. The number of hydrogen-bond donors (Lipinski definition) is 1. The van der Waals surface area contributed by atoms with Crippen LogP contribution in [0.4, 0.5) is 0 Å². The first-order valence-electron chi connectivity index (χ1n) is 5.41. The molecule has 0 heterocycles. The number of terminal acetylenes is 1.